The lowest BCUT2D eigenvalue weighted by atomic mass is 10.2. The van der Waals surface area contributed by atoms with E-state index in [0.29, 0.717) is 19.8 Å². The van der Waals surface area contributed by atoms with Crippen molar-refractivity contribution < 1.29 is 18.8 Å². The number of benzene rings is 1. The summed E-state index contributed by atoms with van der Waals surface area (Å²) in [6.45, 7) is 7.61. The molecule has 0 amide bonds. The van der Waals surface area contributed by atoms with Gasteiger partial charge in [0.25, 0.3) is 5.01 Å². The van der Waals surface area contributed by atoms with E-state index in [2.05, 4.69) is 36.1 Å². The van der Waals surface area contributed by atoms with Crippen LogP contribution < -0.4 is 9.30 Å². The molecule has 1 heterocycles. The van der Waals surface area contributed by atoms with Gasteiger partial charge in [0.15, 0.2) is 12.0 Å². The Kier molecular flexibility index (Phi) is 7.43. The van der Waals surface area contributed by atoms with E-state index in [9.17, 15) is 0 Å². The number of aryl methyl sites for hydroxylation is 1. The van der Waals surface area contributed by atoms with Crippen molar-refractivity contribution in [3.8, 4) is 5.75 Å². The summed E-state index contributed by atoms with van der Waals surface area (Å²) in [7, 11) is 2.08. The van der Waals surface area contributed by atoms with Gasteiger partial charge in [-0.1, -0.05) is 23.5 Å². The summed E-state index contributed by atoms with van der Waals surface area (Å²) < 4.78 is 18.9. The molecule has 0 fully saturated rings. The lowest BCUT2D eigenvalue weighted by Gasteiger charge is -2.17. The van der Waals surface area contributed by atoms with E-state index < -0.39 is 0 Å². The molecule has 0 aliphatic carbocycles. The molecule has 0 radical (unpaired) electrons. The second kappa shape index (κ2) is 9.57. The maximum absolute atomic E-state index is 5.74. The van der Waals surface area contributed by atoms with Crippen molar-refractivity contribution in [3.63, 3.8) is 0 Å². The van der Waals surface area contributed by atoms with Crippen molar-refractivity contribution in [2.24, 2.45) is 7.05 Å². The Balaban J connectivity index is 1.91. The van der Waals surface area contributed by atoms with Crippen LogP contribution in [0, 0.1) is 6.92 Å². The predicted molar refractivity (Wildman–Crippen MR) is 98.1 cm³/mol. The van der Waals surface area contributed by atoms with Crippen LogP contribution in [-0.2, 0) is 16.5 Å². The van der Waals surface area contributed by atoms with Gasteiger partial charge in [-0.25, -0.2) is 0 Å². The molecule has 0 spiro atoms. The zero-order valence-corrected chi connectivity index (χ0v) is 15.6. The van der Waals surface area contributed by atoms with Crippen LogP contribution in [0.25, 0.3) is 12.2 Å². The first-order chi connectivity index (χ1) is 11.6. The minimum Gasteiger partial charge on any atom is -0.488 e. The van der Waals surface area contributed by atoms with Crippen molar-refractivity contribution in [3.05, 3.63) is 45.9 Å². The van der Waals surface area contributed by atoms with Crippen LogP contribution in [0.1, 0.15) is 30.1 Å². The Hall–Kier alpha value is -1.69. The lowest BCUT2D eigenvalue weighted by molar-refractivity contribution is -0.674. The highest BCUT2D eigenvalue weighted by molar-refractivity contribution is 7.10. The zero-order chi connectivity index (χ0) is 17.4. The first kappa shape index (κ1) is 18.6. The van der Waals surface area contributed by atoms with E-state index in [0.717, 1.165) is 11.3 Å². The minimum absolute atomic E-state index is 0.318. The maximum Gasteiger partial charge on any atom is 0.261 e. The first-order valence-corrected chi connectivity index (χ1v) is 9.10. The topological polar surface area (TPSA) is 31.6 Å². The number of aromatic nitrogens is 1. The molecule has 0 saturated heterocycles. The summed E-state index contributed by atoms with van der Waals surface area (Å²) in [6, 6.07) is 8.02. The maximum atomic E-state index is 5.74. The highest BCUT2D eigenvalue weighted by atomic mass is 32.1. The van der Waals surface area contributed by atoms with Gasteiger partial charge in [0.1, 0.15) is 19.4 Å². The molecule has 4 nitrogen and oxygen atoms in total. The van der Waals surface area contributed by atoms with E-state index >= 15 is 0 Å². The zero-order valence-electron chi connectivity index (χ0n) is 14.8. The van der Waals surface area contributed by atoms with Crippen LogP contribution in [0.3, 0.4) is 0 Å². The summed E-state index contributed by atoms with van der Waals surface area (Å²) >= 11 is 1.74. The Morgan fingerprint density at radius 2 is 1.75 bits per heavy atom. The van der Waals surface area contributed by atoms with Crippen LogP contribution in [0.2, 0.25) is 0 Å². The number of thiazole rings is 1. The third-order valence-electron chi connectivity index (χ3n) is 3.60. The van der Waals surface area contributed by atoms with Crippen molar-refractivity contribution >= 4 is 23.5 Å². The number of nitrogens with zero attached hydrogens (tertiary/aromatic N) is 1. The largest absolute Gasteiger partial charge is 0.488 e. The highest BCUT2D eigenvalue weighted by Crippen LogP contribution is 2.16. The number of ether oxygens (including phenoxy) is 3. The summed E-state index contributed by atoms with van der Waals surface area (Å²) in [4.78, 5) is 0. The molecule has 1 aromatic carbocycles. The molecule has 2 aromatic rings. The van der Waals surface area contributed by atoms with Crippen molar-refractivity contribution in [1.29, 1.82) is 0 Å². The Bertz CT molecular complexity index is 643. The molecule has 0 saturated carbocycles. The number of rotatable bonds is 9. The van der Waals surface area contributed by atoms with E-state index in [4.69, 9.17) is 14.2 Å². The third kappa shape index (κ3) is 5.44. The minimum atomic E-state index is -0.318. The predicted octanol–water partition coefficient (Wildman–Crippen LogP) is 3.83. The fourth-order valence-electron chi connectivity index (χ4n) is 2.15. The van der Waals surface area contributed by atoms with E-state index in [1.165, 1.54) is 10.7 Å². The number of hydrogen-bond donors (Lipinski definition) is 0. The average Bonchev–Trinajstić information content (AvgIpc) is 2.91. The monoisotopic (exact) mass is 348 g/mol. The summed E-state index contributed by atoms with van der Waals surface area (Å²) in [5.74, 6) is 0.814. The summed E-state index contributed by atoms with van der Waals surface area (Å²) in [6.07, 6.45) is 3.92. The van der Waals surface area contributed by atoms with Crippen LogP contribution in [0.15, 0.2) is 29.6 Å². The molecule has 0 N–H and O–H groups in total. The molecule has 2 rings (SSSR count). The van der Waals surface area contributed by atoms with Crippen LogP contribution in [0.4, 0.5) is 0 Å². The molecule has 0 unspecified atom stereocenters. The average molecular weight is 348 g/mol. The molecule has 5 heteroatoms. The standard InChI is InChI=1S/C19H26NO3S/c1-5-21-19(22-6-2)13-23-17-10-7-16(8-11-17)9-12-18-20(4)15(3)14-24-18/h7-12,14,19H,5-6,13H2,1-4H3/q+1. The quantitative estimate of drug-likeness (QED) is 0.510. The first-order valence-electron chi connectivity index (χ1n) is 8.22. The van der Waals surface area contributed by atoms with Crippen molar-refractivity contribution in [1.82, 2.24) is 0 Å². The van der Waals surface area contributed by atoms with Crippen LogP contribution >= 0.6 is 11.3 Å². The molecule has 0 aliphatic heterocycles. The number of hydrogen-bond acceptors (Lipinski definition) is 4. The fourth-order valence-corrected chi connectivity index (χ4v) is 3.05. The van der Waals surface area contributed by atoms with Gasteiger partial charge in [-0.15, -0.1) is 0 Å². The summed E-state index contributed by atoms with van der Waals surface area (Å²) in [5, 5.41) is 3.38. The van der Waals surface area contributed by atoms with Gasteiger partial charge in [-0.05, 0) is 37.6 Å². The molecule has 0 atom stereocenters. The van der Waals surface area contributed by atoms with Crippen molar-refractivity contribution in [2.75, 3.05) is 19.8 Å². The second-order valence-corrected chi connectivity index (χ2v) is 6.22. The highest BCUT2D eigenvalue weighted by Gasteiger charge is 2.09. The van der Waals surface area contributed by atoms with E-state index in [-0.39, 0.29) is 6.29 Å². The van der Waals surface area contributed by atoms with Crippen molar-refractivity contribution in [2.45, 2.75) is 27.1 Å². The fraction of sp³-hybridized carbons (Fsp3) is 0.421. The van der Waals surface area contributed by atoms with Gasteiger partial charge in [-0.2, -0.15) is 4.57 Å². The van der Waals surface area contributed by atoms with Gasteiger partial charge in [0, 0.05) is 26.2 Å². The molecule has 1 aromatic heterocycles. The van der Waals surface area contributed by atoms with E-state index in [1.54, 1.807) is 11.3 Å². The lowest BCUT2D eigenvalue weighted by Crippen LogP contribution is -2.31. The molecule has 130 valence electrons. The van der Waals surface area contributed by atoms with Crippen LogP contribution in [-0.4, -0.2) is 26.1 Å². The van der Waals surface area contributed by atoms with Crippen LogP contribution in [0.5, 0.6) is 5.75 Å². The van der Waals surface area contributed by atoms with Gasteiger partial charge in [0.05, 0.1) is 5.38 Å². The SMILES string of the molecule is CCOC(COc1ccc(C=Cc2scc(C)[n+]2C)cc1)OCC. The Labute approximate surface area is 148 Å². The summed E-state index contributed by atoms with van der Waals surface area (Å²) in [5.41, 5.74) is 2.40. The van der Waals surface area contributed by atoms with Gasteiger partial charge in [-0.3, -0.25) is 0 Å². The van der Waals surface area contributed by atoms with Gasteiger partial charge in [0.2, 0.25) is 0 Å². The second-order valence-electron chi connectivity index (χ2n) is 5.33. The van der Waals surface area contributed by atoms with Gasteiger partial charge >= 0.3 is 0 Å². The Morgan fingerprint density at radius 1 is 1.08 bits per heavy atom. The van der Waals surface area contributed by atoms with Gasteiger partial charge < -0.3 is 14.2 Å². The third-order valence-corrected chi connectivity index (χ3v) is 4.71. The molecule has 0 bridgehead atoms. The molecular formula is C19H26NO3S+. The Morgan fingerprint density at radius 3 is 2.29 bits per heavy atom. The smallest absolute Gasteiger partial charge is 0.261 e. The molecule has 0 aliphatic rings. The van der Waals surface area contributed by atoms with E-state index in [1.807, 2.05) is 38.1 Å². The molecular weight excluding hydrogens is 322 g/mol. The molecule has 24 heavy (non-hydrogen) atoms. The normalized spacial score (nSPS) is 11.5.